The van der Waals surface area contributed by atoms with Crippen LogP contribution in [0, 0.1) is 5.41 Å². The van der Waals surface area contributed by atoms with Gasteiger partial charge in [-0.1, -0.05) is 32.9 Å². The Morgan fingerprint density at radius 3 is 2.30 bits per heavy atom. The van der Waals surface area contributed by atoms with Gasteiger partial charge >= 0.3 is 0 Å². The zero-order chi connectivity index (χ0) is 8.04. The lowest BCUT2D eigenvalue weighted by atomic mass is 9.96. The second-order valence-corrected chi connectivity index (χ2v) is 3.43. The van der Waals surface area contributed by atoms with E-state index in [4.69, 9.17) is 4.74 Å². The van der Waals surface area contributed by atoms with Crippen molar-refractivity contribution in [3.05, 3.63) is 12.2 Å². The molecule has 0 aromatic rings. The molecular formula is C9H18O. The summed E-state index contributed by atoms with van der Waals surface area (Å²) in [7, 11) is 0. The first-order valence-corrected chi connectivity index (χ1v) is 3.81. The molecule has 0 aliphatic heterocycles. The van der Waals surface area contributed by atoms with Gasteiger partial charge in [-0.2, -0.15) is 0 Å². The van der Waals surface area contributed by atoms with Crippen LogP contribution < -0.4 is 0 Å². The minimum absolute atomic E-state index is 0.289. The van der Waals surface area contributed by atoms with Gasteiger partial charge in [-0.15, -0.1) is 0 Å². The van der Waals surface area contributed by atoms with Gasteiger partial charge in [0.2, 0.25) is 0 Å². The van der Waals surface area contributed by atoms with Gasteiger partial charge in [0.1, 0.15) is 0 Å². The fraction of sp³-hybridized carbons (Fsp3) is 0.778. The van der Waals surface area contributed by atoms with Gasteiger partial charge in [-0.05, 0) is 12.3 Å². The summed E-state index contributed by atoms with van der Waals surface area (Å²) >= 11 is 0. The monoisotopic (exact) mass is 142 g/mol. The molecule has 0 N–H and O–H groups in total. The first-order chi connectivity index (χ1) is 4.56. The van der Waals surface area contributed by atoms with Crippen molar-refractivity contribution in [2.45, 2.75) is 27.7 Å². The Hall–Kier alpha value is -0.300. The Labute approximate surface area is 64.1 Å². The molecule has 0 saturated carbocycles. The van der Waals surface area contributed by atoms with Gasteiger partial charge in [0.25, 0.3) is 0 Å². The van der Waals surface area contributed by atoms with Crippen molar-refractivity contribution < 1.29 is 4.74 Å². The standard InChI is InChI=1S/C9H18O/c1-5-10-8-6-7-9(2,3)4/h6-7H,5,8H2,1-4H3/b7-6-. The zero-order valence-electron chi connectivity index (χ0n) is 7.48. The quantitative estimate of drug-likeness (QED) is 0.435. The number of ether oxygens (including phenoxy) is 1. The second kappa shape index (κ2) is 4.51. The highest BCUT2D eigenvalue weighted by Crippen LogP contribution is 2.13. The van der Waals surface area contributed by atoms with Crippen LogP contribution in [0.2, 0.25) is 0 Å². The minimum atomic E-state index is 0.289. The van der Waals surface area contributed by atoms with Crippen molar-refractivity contribution >= 4 is 0 Å². The molecule has 0 spiro atoms. The predicted molar refractivity (Wildman–Crippen MR) is 45.1 cm³/mol. The molecule has 0 radical (unpaired) electrons. The SMILES string of the molecule is CCOC/C=C\C(C)(C)C. The molecule has 0 fully saturated rings. The Kier molecular flexibility index (Phi) is 4.37. The van der Waals surface area contributed by atoms with Gasteiger partial charge < -0.3 is 4.74 Å². The summed E-state index contributed by atoms with van der Waals surface area (Å²) in [6, 6.07) is 0. The van der Waals surface area contributed by atoms with Crippen molar-refractivity contribution in [2.75, 3.05) is 13.2 Å². The van der Waals surface area contributed by atoms with Crippen LogP contribution in [0.5, 0.6) is 0 Å². The number of hydrogen-bond acceptors (Lipinski definition) is 1. The normalized spacial score (nSPS) is 12.8. The highest BCUT2D eigenvalue weighted by molar-refractivity contribution is 4.91. The van der Waals surface area contributed by atoms with Crippen LogP contribution in [0.1, 0.15) is 27.7 Å². The fourth-order valence-corrected chi connectivity index (χ4v) is 0.588. The van der Waals surface area contributed by atoms with Crippen LogP contribution in [-0.2, 0) is 4.74 Å². The van der Waals surface area contributed by atoms with Gasteiger partial charge in [-0.25, -0.2) is 0 Å². The third-order valence-corrected chi connectivity index (χ3v) is 1.04. The van der Waals surface area contributed by atoms with Crippen LogP contribution in [-0.4, -0.2) is 13.2 Å². The molecule has 1 heteroatoms. The lowest BCUT2D eigenvalue weighted by molar-refractivity contribution is 0.177. The number of allylic oxidation sites excluding steroid dienone is 1. The maximum atomic E-state index is 5.14. The van der Waals surface area contributed by atoms with Gasteiger partial charge in [0.05, 0.1) is 6.61 Å². The predicted octanol–water partition coefficient (Wildman–Crippen LogP) is 2.63. The molecule has 0 rings (SSSR count). The number of hydrogen-bond donors (Lipinski definition) is 0. The van der Waals surface area contributed by atoms with Crippen molar-refractivity contribution in [1.29, 1.82) is 0 Å². The van der Waals surface area contributed by atoms with E-state index in [9.17, 15) is 0 Å². The highest BCUT2D eigenvalue weighted by atomic mass is 16.5. The molecule has 0 amide bonds. The molecule has 0 aliphatic carbocycles. The zero-order valence-corrected chi connectivity index (χ0v) is 7.48. The Bertz CT molecular complexity index is 97.8. The maximum absolute atomic E-state index is 5.14. The molecule has 0 saturated heterocycles. The minimum Gasteiger partial charge on any atom is -0.378 e. The van der Waals surface area contributed by atoms with E-state index < -0.39 is 0 Å². The summed E-state index contributed by atoms with van der Waals surface area (Å²) < 4.78 is 5.14. The molecule has 0 unspecified atom stereocenters. The van der Waals surface area contributed by atoms with Crippen LogP contribution in [0.25, 0.3) is 0 Å². The average molecular weight is 142 g/mol. The van der Waals surface area contributed by atoms with Crippen LogP contribution in [0.15, 0.2) is 12.2 Å². The summed E-state index contributed by atoms with van der Waals surface area (Å²) in [5.74, 6) is 0. The second-order valence-electron chi connectivity index (χ2n) is 3.43. The van der Waals surface area contributed by atoms with E-state index in [1.807, 2.05) is 6.92 Å². The van der Waals surface area contributed by atoms with E-state index in [0.717, 1.165) is 13.2 Å². The van der Waals surface area contributed by atoms with Gasteiger partial charge in [0.15, 0.2) is 0 Å². The summed E-state index contributed by atoms with van der Waals surface area (Å²) in [5, 5.41) is 0. The molecule has 0 heterocycles. The topological polar surface area (TPSA) is 9.23 Å². The maximum Gasteiger partial charge on any atom is 0.0647 e. The molecule has 60 valence electrons. The molecule has 0 aromatic carbocycles. The summed E-state index contributed by atoms with van der Waals surface area (Å²) in [6.45, 7) is 10.1. The average Bonchev–Trinajstić information content (AvgIpc) is 1.78. The van der Waals surface area contributed by atoms with Gasteiger partial charge in [-0.3, -0.25) is 0 Å². The summed E-state index contributed by atoms with van der Waals surface area (Å²) in [4.78, 5) is 0. The van der Waals surface area contributed by atoms with E-state index in [2.05, 4.69) is 32.9 Å². The first-order valence-electron chi connectivity index (χ1n) is 3.81. The van der Waals surface area contributed by atoms with E-state index in [-0.39, 0.29) is 5.41 Å². The van der Waals surface area contributed by atoms with E-state index in [1.54, 1.807) is 0 Å². The smallest absolute Gasteiger partial charge is 0.0647 e. The molecule has 1 nitrogen and oxygen atoms in total. The molecule has 0 aliphatic rings. The van der Waals surface area contributed by atoms with Crippen LogP contribution >= 0.6 is 0 Å². The van der Waals surface area contributed by atoms with Crippen molar-refractivity contribution in [3.8, 4) is 0 Å². The van der Waals surface area contributed by atoms with E-state index >= 15 is 0 Å². The Balaban J connectivity index is 3.37. The largest absolute Gasteiger partial charge is 0.378 e. The molecule has 0 atom stereocenters. The Morgan fingerprint density at radius 2 is 1.90 bits per heavy atom. The highest BCUT2D eigenvalue weighted by Gasteiger charge is 2.02. The third kappa shape index (κ3) is 7.70. The number of rotatable bonds is 3. The molecular weight excluding hydrogens is 124 g/mol. The summed E-state index contributed by atoms with van der Waals surface area (Å²) in [5.41, 5.74) is 0.289. The van der Waals surface area contributed by atoms with Crippen LogP contribution in [0.3, 0.4) is 0 Å². The first kappa shape index (κ1) is 9.70. The molecule has 0 aromatic heterocycles. The van der Waals surface area contributed by atoms with E-state index in [0.29, 0.717) is 0 Å². The third-order valence-electron chi connectivity index (χ3n) is 1.04. The van der Waals surface area contributed by atoms with Crippen molar-refractivity contribution in [2.24, 2.45) is 5.41 Å². The van der Waals surface area contributed by atoms with Crippen molar-refractivity contribution in [1.82, 2.24) is 0 Å². The van der Waals surface area contributed by atoms with E-state index in [1.165, 1.54) is 0 Å². The van der Waals surface area contributed by atoms with Crippen molar-refractivity contribution in [3.63, 3.8) is 0 Å². The molecule has 0 bridgehead atoms. The van der Waals surface area contributed by atoms with Gasteiger partial charge in [0, 0.05) is 6.61 Å². The Morgan fingerprint density at radius 1 is 1.30 bits per heavy atom. The molecule has 10 heavy (non-hydrogen) atoms. The lowest BCUT2D eigenvalue weighted by Crippen LogP contribution is -1.99. The lowest BCUT2D eigenvalue weighted by Gasteiger charge is -2.10. The summed E-state index contributed by atoms with van der Waals surface area (Å²) in [6.07, 6.45) is 4.24. The fourth-order valence-electron chi connectivity index (χ4n) is 0.588. The van der Waals surface area contributed by atoms with Crippen LogP contribution in [0.4, 0.5) is 0 Å².